The van der Waals surface area contributed by atoms with Gasteiger partial charge in [0.05, 0.1) is 6.10 Å². The zero-order valence-electron chi connectivity index (χ0n) is 26.6. The summed E-state index contributed by atoms with van der Waals surface area (Å²) in [7, 11) is 0.387. The summed E-state index contributed by atoms with van der Waals surface area (Å²) in [6.45, 7) is 2.39. The number of benzene rings is 1. The first kappa shape index (κ1) is 34.8. The Balaban J connectivity index is 1.09. The molecule has 45 heavy (non-hydrogen) atoms. The quantitative estimate of drug-likeness (QED) is 0.150. The van der Waals surface area contributed by atoms with Gasteiger partial charge in [-0.2, -0.15) is 22.0 Å². The van der Waals surface area contributed by atoms with Crippen molar-refractivity contribution in [1.82, 2.24) is 0 Å². The van der Waals surface area contributed by atoms with Crippen molar-refractivity contribution in [2.75, 3.05) is 18.6 Å². The Morgan fingerprint density at radius 1 is 0.933 bits per heavy atom. The van der Waals surface area contributed by atoms with Crippen LogP contribution in [-0.2, 0) is 20.3 Å². The number of phenols is 1. The molecule has 7 atom stereocenters. The van der Waals surface area contributed by atoms with Crippen LogP contribution in [0.3, 0.4) is 0 Å². The first-order valence-electron chi connectivity index (χ1n) is 16.9. The highest BCUT2D eigenvalue weighted by molar-refractivity contribution is 7.84. The zero-order valence-corrected chi connectivity index (χ0v) is 27.4. The Kier molecular flexibility index (Phi) is 10.4. The lowest BCUT2D eigenvalue weighted by Crippen LogP contribution is -2.48. The van der Waals surface area contributed by atoms with Crippen LogP contribution in [-0.4, -0.2) is 45.8 Å². The molecule has 5 rings (SSSR count). The summed E-state index contributed by atoms with van der Waals surface area (Å²) in [6, 6.07) is 5.75. The summed E-state index contributed by atoms with van der Waals surface area (Å²) in [5.74, 6) is -2.37. The van der Waals surface area contributed by atoms with E-state index >= 15 is 0 Å². The smallest absolute Gasteiger partial charge is 0.453 e. The summed E-state index contributed by atoms with van der Waals surface area (Å²) in [5.41, 5.74) is 2.35. The molecule has 254 valence electrons. The number of Topliss-reactive ketones (excluding diaryl/α,β-unsaturated/α-hetero) is 1. The molecule has 0 saturated heterocycles. The summed E-state index contributed by atoms with van der Waals surface area (Å²) < 4.78 is 81.1. The average molecular weight is 661 g/mol. The molecular formula is C35H49F5O4S. The van der Waals surface area contributed by atoms with Crippen molar-refractivity contribution in [1.29, 1.82) is 0 Å². The topological polar surface area (TPSA) is 63.6 Å². The molecule has 0 aliphatic heterocycles. The predicted molar refractivity (Wildman–Crippen MR) is 165 cm³/mol. The number of ketones is 1. The van der Waals surface area contributed by atoms with Gasteiger partial charge in [-0.25, -0.2) is 0 Å². The van der Waals surface area contributed by atoms with Crippen LogP contribution in [0, 0.1) is 28.6 Å². The normalized spacial score (nSPS) is 31.0. The highest BCUT2D eigenvalue weighted by atomic mass is 32.2. The highest BCUT2D eigenvalue weighted by Gasteiger charge is 2.72. The molecule has 4 unspecified atom stereocenters. The maximum atomic E-state index is 13.4. The van der Waals surface area contributed by atoms with Gasteiger partial charge in [-0.1, -0.05) is 51.5 Å². The molecule has 1 aromatic rings. The summed E-state index contributed by atoms with van der Waals surface area (Å²) in [4.78, 5) is 13.4. The molecule has 10 heteroatoms. The molecule has 0 amide bonds. The lowest BCUT2D eigenvalue weighted by Gasteiger charge is -2.55. The molecule has 1 aromatic carbocycles. The number of methoxy groups -OCH3 is 1. The molecule has 3 saturated carbocycles. The van der Waals surface area contributed by atoms with Crippen molar-refractivity contribution >= 4 is 16.6 Å². The highest BCUT2D eigenvalue weighted by Crippen LogP contribution is 2.75. The van der Waals surface area contributed by atoms with Crippen LogP contribution >= 0.6 is 0 Å². The summed E-state index contributed by atoms with van der Waals surface area (Å²) in [6.07, 6.45) is 5.25. The fourth-order valence-electron chi connectivity index (χ4n) is 9.59. The Bertz CT molecular complexity index is 1230. The maximum Gasteiger partial charge on any atom is 0.453 e. The molecule has 0 radical (unpaired) electrons. The van der Waals surface area contributed by atoms with E-state index in [1.165, 1.54) is 5.56 Å². The van der Waals surface area contributed by atoms with Gasteiger partial charge in [0.25, 0.3) is 0 Å². The van der Waals surface area contributed by atoms with E-state index in [2.05, 4.69) is 13.0 Å². The van der Waals surface area contributed by atoms with Crippen molar-refractivity contribution in [3.63, 3.8) is 0 Å². The summed E-state index contributed by atoms with van der Waals surface area (Å²) >= 11 is 0. The van der Waals surface area contributed by atoms with Gasteiger partial charge in [0.15, 0.2) is 0 Å². The number of carbonyl (C=O) groups excluding carboxylic acids is 1. The second-order valence-electron chi connectivity index (χ2n) is 14.5. The predicted octanol–water partition coefficient (Wildman–Crippen LogP) is 9.43. The van der Waals surface area contributed by atoms with Gasteiger partial charge in [0.2, 0.25) is 0 Å². The minimum Gasteiger partial charge on any atom is -0.508 e. The van der Waals surface area contributed by atoms with Gasteiger partial charge < -0.3 is 9.84 Å². The monoisotopic (exact) mass is 660 g/mol. The Morgan fingerprint density at radius 3 is 2.22 bits per heavy atom. The molecule has 4 aliphatic carbocycles. The number of halogens is 5. The maximum absolute atomic E-state index is 13.4. The van der Waals surface area contributed by atoms with Crippen LogP contribution in [0.4, 0.5) is 22.0 Å². The van der Waals surface area contributed by atoms with E-state index < -0.39 is 35.7 Å². The standard InChI is InChI=1S/C35H49F5O4S/c1-32-16-14-25-24-13-12-23(41)21-27(24)31(44-2)26(30(25)28(32)22-29(42)33(32)17-18-33)11-8-6-4-3-5-7-9-19-45(43)20-10-15-34(36,37)35(38,39)40/h12-13,21,25-26,28,30-31,41H,3-11,14-20,22H2,1-2H3/t25?,26-,28?,30?,31-,32-,45?/m0/s1. The molecule has 0 bridgehead atoms. The first-order valence-corrected chi connectivity index (χ1v) is 18.4. The lowest BCUT2D eigenvalue weighted by atomic mass is 9.50. The molecule has 0 aromatic heterocycles. The van der Waals surface area contributed by atoms with Crippen molar-refractivity contribution in [2.45, 2.75) is 127 Å². The van der Waals surface area contributed by atoms with Gasteiger partial charge in [-0.05, 0) is 97.3 Å². The van der Waals surface area contributed by atoms with E-state index in [-0.39, 0.29) is 34.4 Å². The number of fused-ring (bicyclic) bond motifs is 6. The fourth-order valence-corrected chi connectivity index (χ4v) is 10.8. The van der Waals surface area contributed by atoms with Gasteiger partial charge >= 0.3 is 12.1 Å². The second kappa shape index (κ2) is 13.5. The lowest BCUT2D eigenvalue weighted by molar-refractivity contribution is -0.284. The number of hydrogen-bond donors (Lipinski definition) is 1. The van der Waals surface area contributed by atoms with Crippen molar-refractivity contribution in [3.8, 4) is 5.75 Å². The van der Waals surface area contributed by atoms with Crippen LogP contribution < -0.4 is 0 Å². The molecule has 4 aliphatic rings. The number of aromatic hydroxyl groups is 1. The van der Waals surface area contributed by atoms with Gasteiger partial charge in [-0.15, -0.1) is 0 Å². The number of ether oxygens (including phenoxy) is 1. The van der Waals surface area contributed by atoms with Crippen LogP contribution in [0.15, 0.2) is 18.2 Å². The number of phenolic OH excluding ortho intramolecular Hbond substituents is 1. The molecule has 3 fully saturated rings. The van der Waals surface area contributed by atoms with Crippen LogP contribution in [0.5, 0.6) is 5.75 Å². The third-order valence-corrected chi connectivity index (χ3v) is 13.6. The number of unbranched alkanes of at least 4 members (excludes halogenated alkanes) is 6. The largest absolute Gasteiger partial charge is 0.508 e. The van der Waals surface area contributed by atoms with Gasteiger partial charge in [-0.3, -0.25) is 9.00 Å². The van der Waals surface area contributed by atoms with Crippen LogP contribution in [0.2, 0.25) is 0 Å². The third kappa shape index (κ3) is 6.75. The van der Waals surface area contributed by atoms with Crippen molar-refractivity contribution in [2.24, 2.45) is 28.6 Å². The van der Waals surface area contributed by atoms with E-state index in [0.29, 0.717) is 42.1 Å². The first-order chi connectivity index (χ1) is 21.3. The van der Waals surface area contributed by atoms with Crippen molar-refractivity contribution < 1.29 is 40.8 Å². The minimum atomic E-state index is -5.55. The number of carbonyl (C=O) groups is 1. The zero-order chi connectivity index (χ0) is 32.6. The van der Waals surface area contributed by atoms with Gasteiger partial charge in [0, 0.05) is 47.7 Å². The molecular weight excluding hydrogens is 611 g/mol. The van der Waals surface area contributed by atoms with E-state index in [4.69, 9.17) is 4.74 Å². The molecule has 1 spiro atoms. The molecule has 0 heterocycles. The van der Waals surface area contributed by atoms with E-state index in [9.17, 15) is 36.1 Å². The van der Waals surface area contributed by atoms with Crippen LogP contribution in [0.25, 0.3) is 0 Å². The summed E-state index contributed by atoms with van der Waals surface area (Å²) in [5, 5.41) is 10.4. The molecule has 4 nitrogen and oxygen atoms in total. The number of rotatable bonds is 15. The second-order valence-corrected chi connectivity index (χ2v) is 16.2. The number of hydrogen-bond acceptors (Lipinski definition) is 4. The van der Waals surface area contributed by atoms with E-state index in [1.807, 2.05) is 6.07 Å². The Morgan fingerprint density at radius 2 is 1.58 bits per heavy atom. The fraction of sp³-hybridized carbons (Fsp3) is 0.800. The van der Waals surface area contributed by atoms with E-state index in [0.717, 1.165) is 76.2 Å². The third-order valence-electron chi connectivity index (χ3n) is 12.1. The number of alkyl halides is 5. The minimum absolute atomic E-state index is 0.0635. The molecule has 1 N–H and O–H groups in total. The van der Waals surface area contributed by atoms with Gasteiger partial charge in [0.1, 0.15) is 11.5 Å². The van der Waals surface area contributed by atoms with Crippen molar-refractivity contribution in [3.05, 3.63) is 29.3 Å². The Hall–Kier alpha value is -1.55. The average Bonchev–Trinajstić information content (AvgIpc) is 3.76. The SMILES string of the molecule is CO[C@@H]1c2cc(O)ccc2C2CC[C@@]3(C)C(CC(=O)C34CC4)C2[C@@H]1CCCCCCCCCS(=O)CCCC(F)(F)C(F)(F)F. The van der Waals surface area contributed by atoms with E-state index in [1.54, 1.807) is 13.2 Å². The Labute approximate surface area is 266 Å². The van der Waals surface area contributed by atoms with Crippen LogP contribution in [0.1, 0.15) is 126 Å².